The molecule has 0 bridgehead atoms. The second-order valence-electron chi connectivity index (χ2n) is 4.54. The molecule has 0 atom stereocenters. The van der Waals surface area contributed by atoms with Crippen molar-refractivity contribution in [3.05, 3.63) is 22.2 Å². The summed E-state index contributed by atoms with van der Waals surface area (Å²) in [5.41, 5.74) is -0.207. The Hall–Kier alpha value is -2.23. The summed E-state index contributed by atoms with van der Waals surface area (Å²) in [6.07, 6.45) is 2.08. The number of hydrogen-bond donors (Lipinski definition) is 1. The van der Waals surface area contributed by atoms with Crippen molar-refractivity contribution in [3.8, 4) is 0 Å². The molecule has 0 aromatic carbocycles. The van der Waals surface area contributed by atoms with Crippen molar-refractivity contribution >= 4 is 17.7 Å². The second kappa shape index (κ2) is 5.64. The Bertz CT molecular complexity index is 723. The van der Waals surface area contributed by atoms with Crippen LogP contribution in [0.4, 0.5) is 0 Å². The molecule has 0 unspecified atom stereocenters. The lowest BCUT2D eigenvalue weighted by atomic mass is 10.4. The molecule has 0 amide bonds. The van der Waals surface area contributed by atoms with Crippen LogP contribution >= 0.6 is 11.8 Å². The molecule has 1 aliphatic rings. The van der Waals surface area contributed by atoms with Crippen molar-refractivity contribution in [2.24, 2.45) is 0 Å². The molecule has 110 valence electrons. The highest BCUT2D eigenvalue weighted by atomic mass is 32.2. The molecule has 0 aliphatic heterocycles. The summed E-state index contributed by atoms with van der Waals surface area (Å²) in [6, 6.07) is 1.38. The summed E-state index contributed by atoms with van der Waals surface area (Å²) in [6.45, 7) is -0.0928. The van der Waals surface area contributed by atoms with Crippen molar-refractivity contribution in [1.29, 1.82) is 0 Å². The molecule has 2 heterocycles. The molecule has 1 fully saturated rings. The van der Waals surface area contributed by atoms with E-state index in [1.54, 1.807) is 0 Å². The second-order valence-corrected chi connectivity index (χ2v) is 5.53. The van der Waals surface area contributed by atoms with Crippen LogP contribution in [0, 0.1) is 0 Å². The minimum absolute atomic E-state index is 0.0928. The smallest absolute Gasteiger partial charge is 0.327 e. The van der Waals surface area contributed by atoms with E-state index in [0.29, 0.717) is 21.9 Å². The number of aromatic nitrogens is 6. The Balaban J connectivity index is 1.82. The maximum atomic E-state index is 11.6. The first-order valence-corrected chi connectivity index (χ1v) is 7.09. The number of tetrazole rings is 1. The van der Waals surface area contributed by atoms with Crippen LogP contribution in [-0.4, -0.2) is 43.3 Å². The number of carbonyl (C=O) groups excluding carboxylic acids is 1. The summed E-state index contributed by atoms with van der Waals surface area (Å²) >= 11 is 1.13. The lowest BCUT2D eigenvalue weighted by Crippen LogP contribution is -2.14. The summed E-state index contributed by atoms with van der Waals surface area (Å²) in [4.78, 5) is 30.0. The van der Waals surface area contributed by atoms with Gasteiger partial charge in [0.25, 0.3) is 5.56 Å². The lowest BCUT2D eigenvalue weighted by molar-refractivity contribution is -0.141. The number of aromatic amines is 1. The number of esters is 1. The van der Waals surface area contributed by atoms with E-state index in [4.69, 9.17) is 0 Å². The van der Waals surface area contributed by atoms with Gasteiger partial charge in [0.2, 0.25) is 5.16 Å². The SMILES string of the molecule is COC(=O)Cn1nnnc1Sc1cc(=O)[nH]c(C2CC2)n1. The first kappa shape index (κ1) is 13.7. The van der Waals surface area contributed by atoms with Gasteiger partial charge < -0.3 is 9.72 Å². The third-order valence-corrected chi connectivity index (χ3v) is 3.80. The normalized spacial score (nSPS) is 14.1. The summed E-state index contributed by atoms with van der Waals surface area (Å²) in [5.74, 6) is 0.572. The minimum atomic E-state index is -0.457. The van der Waals surface area contributed by atoms with Crippen molar-refractivity contribution in [2.45, 2.75) is 35.5 Å². The molecule has 2 aromatic heterocycles. The molecular weight excluding hydrogens is 296 g/mol. The zero-order chi connectivity index (χ0) is 14.8. The molecule has 3 rings (SSSR count). The number of hydrogen-bond acceptors (Lipinski definition) is 8. The molecule has 2 aromatic rings. The average molecular weight is 308 g/mol. The van der Waals surface area contributed by atoms with Crippen LogP contribution in [0.25, 0.3) is 0 Å². The number of H-pyrrole nitrogens is 1. The van der Waals surface area contributed by atoms with Crippen LogP contribution in [0.2, 0.25) is 0 Å². The van der Waals surface area contributed by atoms with Crippen LogP contribution in [0.5, 0.6) is 0 Å². The lowest BCUT2D eigenvalue weighted by Gasteiger charge is -2.03. The van der Waals surface area contributed by atoms with Crippen molar-refractivity contribution < 1.29 is 9.53 Å². The minimum Gasteiger partial charge on any atom is -0.468 e. The fourth-order valence-corrected chi connectivity index (χ4v) is 2.49. The van der Waals surface area contributed by atoms with Crippen LogP contribution in [0.3, 0.4) is 0 Å². The highest BCUT2D eigenvalue weighted by molar-refractivity contribution is 7.99. The van der Waals surface area contributed by atoms with Gasteiger partial charge in [-0.3, -0.25) is 9.59 Å². The van der Waals surface area contributed by atoms with Gasteiger partial charge in [-0.25, -0.2) is 9.67 Å². The average Bonchev–Trinajstić information content (AvgIpc) is 3.22. The zero-order valence-corrected chi connectivity index (χ0v) is 12.0. The van der Waals surface area contributed by atoms with Gasteiger partial charge >= 0.3 is 5.97 Å². The van der Waals surface area contributed by atoms with Crippen LogP contribution < -0.4 is 5.56 Å². The fourth-order valence-electron chi connectivity index (χ4n) is 1.70. The molecule has 0 radical (unpaired) electrons. The van der Waals surface area contributed by atoms with E-state index in [9.17, 15) is 9.59 Å². The number of nitrogens with one attached hydrogen (secondary N) is 1. The monoisotopic (exact) mass is 308 g/mol. The maximum absolute atomic E-state index is 11.6. The summed E-state index contributed by atoms with van der Waals surface area (Å²) in [7, 11) is 1.29. The molecule has 0 spiro atoms. The standard InChI is InChI=1S/C11H12N6O3S/c1-20-9(19)5-17-11(14-15-16-17)21-8-4-7(18)12-10(13-8)6-2-3-6/h4,6H,2-3,5H2,1H3,(H,12,13,18). The van der Waals surface area contributed by atoms with Gasteiger partial charge in [-0.1, -0.05) is 0 Å². The number of rotatable bonds is 5. The van der Waals surface area contributed by atoms with E-state index in [1.165, 1.54) is 17.9 Å². The largest absolute Gasteiger partial charge is 0.468 e. The van der Waals surface area contributed by atoms with Crippen molar-refractivity contribution in [1.82, 2.24) is 30.2 Å². The van der Waals surface area contributed by atoms with Crippen LogP contribution in [-0.2, 0) is 16.1 Å². The molecular formula is C11H12N6O3S. The Kier molecular flexibility index (Phi) is 3.69. The van der Waals surface area contributed by atoms with E-state index in [0.717, 1.165) is 24.6 Å². The van der Waals surface area contributed by atoms with E-state index in [1.807, 2.05) is 0 Å². The third-order valence-electron chi connectivity index (χ3n) is 2.90. The molecule has 10 heteroatoms. The predicted octanol–water partition coefficient (Wildman–Crippen LogP) is -0.0420. The highest BCUT2D eigenvalue weighted by Crippen LogP contribution is 2.38. The van der Waals surface area contributed by atoms with Crippen LogP contribution in [0.15, 0.2) is 21.0 Å². The number of ether oxygens (including phenoxy) is 1. The van der Waals surface area contributed by atoms with Crippen molar-refractivity contribution in [3.63, 3.8) is 0 Å². The third kappa shape index (κ3) is 3.27. The Morgan fingerprint density at radius 1 is 1.57 bits per heavy atom. The fraction of sp³-hybridized carbons (Fsp3) is 0.455. The molecule has 1 N–H and O–H groups in total. The van der Waals surface area contributed by atoms with E-state index in [-0.39, 0.29) is 12.1 Å². The molecule has 1 saturated carbocycles. The van der Waals surface area contributed by atoms with Gasteiger partial charge in [0, 0.05) is 12.0 Å². The number of nitrogens with zero attached hydrogens (tertiary/aromatic N) is 5. The van der Waals surface area contributed by atoms with Gasteiger partial charge in [0.1, 0.15) is 17.4 Å². The zero-order valence-electron chi connectivity index (χ0n) is 11.1. The quantitative estimate of drug-likeness (QED) is 0.604. The van der Waals surface area contributed by atoms with Crippen molar-refractivity contribution in [2.75, 3.05) is 7.11 Å². The first-order chi connectivity index (χ1) is 10.2. The molecule has 21 heavy (non-hydrogen) atoms. The summed E-state index contributed by atoms with van der Waals surface area (Å²) in [5, 5.41) is 11.9. The number of methoxy groups -OCH3 is 1. The molecule has 9 nitrogen and oxygen atoms in total. The summed E-state index contributed by atoms with van der Waals surface area (Å²) < 4.78 is 5.87. The van der Waals surface area contributed by atoms with Gasteiger partial charge in [-0.05, 0) is 35.0 Å². The van der Waals surface area contributed by atoms with Gasteiger partial charge in [-0.2, -0.15) is 0 Å². The van der Waals surface area contributed by atoms with E-state index >= 15 is 0 Å². The Morgan fingerprint density at radius 3 is 3.10 bits per heavy atom. The topological polar surface area (TPSA) is 116 Å². The van der Waals surface area contributed by atoms with Gasteiger partial charge in [0.15, 0.2) is 0 Å². The Labute approximate surface area is 123 Å². The maximum Gasteiger partial charge on any atom is 0.327 e. The predicted molar refractivity (Wildman–Crippen MR) is 70.8 cm³/mol. The number of carbonyl (C=O) groups is 1. The van der Waals surface area contributed by atoms with E-state index < -0.39 is 5.97 Å². The highest BCUT2D eigenvalue weighted by Gasteiger charge is 2.26. The Morgan fingerprint density at radius 2 is 2.38 bits per heavy atom. The van der Waals surface area contributed by atoms with Gasteiger partial charge in [0.05, 0.1) is 7.11 Å². The first-order valence-electron chi connectivity index (χ1n) is 6.28. The van der Waals surface area contributed by atoms with E-state index in [2.05, 4.69) is 30.2 Å². The molecule has 0 saturated heterocycles. The molecule has 1 aliphatic carbocycles. The van der Waals surface area contributed by atoms with Crippen LogP contribution in [0.1, 0.15) is 24.6 Å². The van der Waals surface area contributed by atoms with Gasteiger partial charge in [-0.15, -0.1) is 5.10 Å².